The molecule has 3 amide bonds. The summed E-state index contributed by atoms with van der Waals surface area (Å²) in [6.45, 7) is 0.949. The van der Waals surface area contributed by atoms with Crippen LogP contribution in [0.5, 0.6) is 5.75 Å². The Bertz CT molecular complexity index is 853. The van der Waals surface area contributed by atoms with Crippen LogP contribution in [0.15, 0.2) is 48.5 Å². The normalized spacial score (nSPS) is 13.6. The van der Waals surface area contributed by atoms with Crippen LogP contribution < -0.4 is 20.7 Å². The number of carbonyl (C=O) groups is 2. The molecule has 0 saturated heterocycles. The zero-order valence-corrected chi connectivity index (χ0v) is 17.0. The standard InChI is InChI=1S/C23H28FN3O3/c24-19-8-5-6-17(14-19)15-22(28)25-12-13-26-23(29)27-16-18-7-1-4-11-21(18)30-20-9-2-3-10-20/h1,4-8,11,14,20H,2-3,9-10,12-13,15-16H2,(H,25,28)(H2,26,27,29). The summed E-state index contributed by atoms with van der Waals surface area (Å²) in [7, 11) is 0. The van der Waals surface area contributed by atoms with Crippen LogP contribution in [0, 0.1) is 5.82 Å². The van der Waals surface area contributed by atoms with Gasteiger partial charge in [0, 0.05) is 25.2 Å². The molecule has 1 saturated carbocycles. The highest BCUT2D eigenvalue weighted by molar-refractivity contribution is 5.78. The third kappa shape index (κ3) is 7.06. The minimum Gasteiger partial charge on any atom is -0.490 e. The van der Waals surface area contributed by atoms with Crippen molar-refractivity contribution >= 4 is 11.9 Å². The molecule has 0 heterocycles. The van der Waals surface area contributed by atoms with E-state index in [0.717, 1.165) is 24.2 Å². The zero-order valence-electron chi connectivity index (χ0n) is 17.0. The Morgan fingerprint density at radius 1 is 0.967 bits per heavy atom. The summed E-state index contributed by atoms with van der Waals surface area (Å²) in [5.74, 6) is 0.226. The lowest BCUT2D eigenvalue weighted by Gasteiger charge is -2.17. The monoisotopic (exact) mass is 413 g/mol. The van der Waals surface area contributed by atoms with Crippen molar-refractivity contribution in [3.05, 3.63) is 65.5 Å². The number of hydrogen-bond donors (Lipinski definition) is 3. The fourth-order valence-electron chi connectivity index (χ4n) is 3.46. The van der Waals surface area contributed by atoms with Gasteiger partial charge in [0.15, 0.2) is 0 Å². The minimum absolute atomic E-state index is 0.0989. The molecule has 0 unspecified atom stereocenters. The van der Waals surface area contributed by atoms with E-state index in [0.29, 0.717) is 25.2 Å². The van der Waals surface area contributed by atoms with Gasteiger partial charge in [-0.3, -0.25) is 4.79 Å². The Morgan fingerprint density at radius 2 is 1.73 bits per heavy atom. The first kappa shape index (κ1) is 21.6. The van der Waals surface area contributed by atoms with Crippen LogP contribution in [0.4, 0.5) is 9.18 Å². The van der Waals surface area contributed by atoms with Gasteiger partial charge in [-0.25, -0.2) is 9.18 Å². The highest BCUT2D eigenvalue weighted by Crippen LogP contribution is 2.26. The lowest BCUT2D eigenvalue weighted by molar-refractivity contribution is -0.120. The van der Waals surface area contributed by atoms with Crippen LogP contribution >= 0.6 is 0 Å². The van der Waals surface area contributed by atoms with Crippen molar-refractivity contribution in [1.82, 2.24) is 16.0 Å². The van der Waals surface area contributed by atoms with E-state index in [1.807, 2.05) is 24.3 Å². The topological polar surface area (TPSA) is 79.5 Å². The first-order valence-electron chi connectivity index (χ1n) is 10.4. The molecule has 1 aliphatic rings. The maximum absolute atomic E-state index is 13.1. The highest BCUT2D eigenvalue weighted by Gasteiger charge is 2.17. The molecule has 6 nitrogen and oxygen atoms in total. The quantitative estimate of drug-likeness (QED) is 0.552. The molecule has 160 valence electrons. The SMILES string of the molecule is O=C(Cc1cccc(F)c1)NCCNC(=O)NCc1ccccc1OC1CCCC1. The Morgan fingerprint density at radius 3 is 2.53 bits per heavy atom. The molecule has 7 heteroatoms. The summed E-state index contributed by atoms with van der Waals surface area (Å²) in [6.07, 6.45) is 4.91. The molecule has 3 rings (SSSR count). The summed E-state index contributed by atoms with van der Waals surface area (Å²) in [4.78, 5) is 23.9. The Hall–Kier alpha value is -3.09. The third-order valence-electron chi connectivity index (χ3n) is 4.99. The van der Waals surface area contributed by atoms with Gasteiger partial charge in [-0.15, -0.1) is 0 Å². The second kappa shape index (κ2) is 11.2. The number of amides is 3. The van der Waals surface area contributed by atoms with E-state index in [4.69, 9.17) is 4.74 Å². The predicted octanol–water partition coefficient (Wildman–Crippen LogP) is 3.31. The number of hydrogen-bond acceptors (Lipinski definition) is 3. The van der Waals surface area contributed by atoms with Crippen molar-refractivity contribution in [1.29, 1.82) is 0 Å². The molecule has 1 fully saturated rings. The van der Waals surface area contributed by atoms with Gasteiger partial charge in [0.2, 0.25) is 5.91 Å². The molecule has 0 radical (unpaired) electrons. The summed E-state index contributed by atoms with van der Waals surface area (Å²) in [5.41, 5.74) is 1.54. The van der Waals surface area contributed by atoms with E-state index in [1.54, 1.807) is 12.1 Å². The molecule has 0 bridgehead atoms. The second-order valence-electron chi connectivity index (χ2n) is 7.40. The fraction of sp³-hybridized carbons (Fsp3) is 0.391. The van der Waals surface area contributed by atoms with Crippen LogP contribution in [0.25, 0.3) is 0 Å². The molecule has 0 aromatic heterocycles. The number of benzene rings is 2. The second-order valence-corrected chi connectivity index (χ2v) is 7.40. The molecule has 2 aromatic rings. The average Bonchev–Trinajstić information content (AvgIpc) is 3.24. The van der Waals surface area contributed by atoms with Gasteiger partial charge >= 0.3 is 6.03 Å². The third-order valence-corrected chi connectivity index (χ3v) is 4.99. The lowest BCUT2D eigenvalue weighted by Crippen LogP contribution is -2.40. The van der Waals surface area contributed by atoms with Crippen molar-refractivity contribution in [2.24, 2.45) is 0 Å². The molecule has 0 spiro atoms. The molecule has 0 atom stereocenters. The molecule has 2 aromatic carbocycles. The van der Waals surface area contributed by atoms with Gasteiger partial charge in [0.1, 0.15) is 11.6 Å². The predicted molar refractivity (Wildman–Crippen MR) is 113 cm³/mol. The highest BCUT2D eigenvalue weighted by atomic mass is 19.1. The molecule has 1 aliphatic carbocycles. The Balaban J connectivity index is 1.34. The van der Waals surface area contributed by atoms with Gasteiger partial charge in [-0.2, -0.15) is 0 Å². The van der Waals surface area contributed by atoms with E-state index in [2.05, 4.69) is 16.0 Å². The van der Waals surface area contributed by atoms with Crippen molar-refractivity contribution in [2.75, 3.05) is 13.1 Å². The average molecular weight is 413 g/mol. The van der Waals surface area contributed by atoms with Gasteiger partial charge in [-0.1, -0.05) is 30.3 Å². The lowest BCUT2D eigenvalue weighted by atomic mass is 10.1. The first-order valence-corrected chi connectivity index (χ1v) is 10.4. The number of rotatable bonds is 9. The summed E-state index contributed by atoms with van der Waals surface area (Å²) >= 11 is 0. The summed E-state index contributed by atoms with van der Waals surface area (Å²) < 4.78 is 19.2. The Labute approximate surface area is 176 Å². The van der Waals surface area contributed by atoms with Crippen LogP contribution in [0.3, 0.4) is 0 Å². The number of nitrogens with one attached hydrogen (secondary N) is 3. The van der Waals surface area contributed by atoms with Gasteiger partial charge in [0.05, 0.1) is 12.5 Å². The van der Waals surface area contributed by atoms with E-state index in [-0.39, 0.29) is 30.3 Å². The number of para-hydroxylation sites is 1. The number of carbonyl (C=O) groups excluding carboxylic acids is 2. The molecule has 0 aliphatic heterocycles. The number of urea groups is 1. The Kier molecular flexibility index (Phi) is 8.06. The molecule has 30 heavy (non-hydrogen) atoms. The van der Waals surface area contributed by atoms with Crippen molar-refractivity contribution < 1.29 is 18.7 Å². The van der Waals surface area contributed by atoms with Crippen LogP contribution in [-0.4, -0.2) is 31.1 Å². The van der Waals surface area contributed by atoms with E-state index in [1.165, 1.54) is 25.0 Å². The van der Waals surface area contributed by atoms with Crippen LogP contribution in [0.1, 0.15) is 36.8 Å². The molecule has 3 N–H and O–H groups in total. The molecular weight excluding hydrogens is 385 g/mol. The van der Waals surface area contributed by atoms with E-state index < -0.39 is 0 Å². The largest absolute Gasteiger partial charge is 0.490 e. The van der Waals surface area contributed by atoms with E-state index in [9.17, 15) is 14.0 Å². The van der Waals surface area contributed by atoms with E-state index >= 15 is 0 Å². The molecular formula is C23H28FN3O3. The van der Waals surface area contributed by atoms with Crippen molar-refractivity contribution in [3.63, 3.8) is 0 Å². The van der Waals surface area contributed by atoms with Crippen molar-refractivity contribution in [2.45, 2.75) is 44.8 Å². The van der Waals surface area contributed by atoms with Crippen LogP contribution in [-0.2, 0) is 17.8 Å². The van der Waals surface area contributed by atoms with Crippen molar-refractivity contribution in [3.8, 4) is 5.75 Å². The van der Waals surface area contributed by atoms with Gasteiger partial charge < -0.3 is 20.7 Å². The van der Waals surface area contributed by atoms with Gasteiger partial charge in [0.25, 0.3) is 0 Å². The number of ether oxygens (including phenoxy) is 1. The summed E-state index contributed by atoms with van der Waals surface area (Å²) in [6, 6.07) is 13.3. The first-order chi connectivity index (χ1) is 14.6. The fourth-order valence-corrected chi connectivity index (χ4v) is 3.46. The zero-order chi connectivity index (χ0) is 21.2. The maximum Gasteiger partial charge on any atom is 0.315 e. The minimum atomic E-state index is -0.367. The maximum atomic E-state index is 13.1. The smallest absolute Gasteiger partial charge is 0.315 e. The van der Waals surface area contributed by atoms with Gasteiger partial charge in [-0.05, 0) is 49.4 Å². The summed E-state index contributed by atoms with van der Waals surface area (Å²) in [5, 5.41) is 8.23. The number of halogens is 1. The van der Waals surface area contributed by atoms with Crippen LogP contribution in [0.2, 0.25) is 0 Å².